The van der Waals surface area contributed by atoms with Gasteiger partial charge in [0, 0.05) is 17.4 Å². The molecule has 7 nitrogen and oxygen atoms in total. The summed E-state index contributed by atoms with van der Waals surface area (Å²) in [4.78, 5) is 25.1. The minimum Gasteiger partial charge on any atom is -0.345 e. The number of halogens is 3. The van der Waals surface area contributed by atoms with Crippen molar-refractivity contribution in [2.24, 2.45) is 0 Å². The number of carbonyl (C=O) groups excluding carboxylic acids is 2. The monoisotopic (exact) mass is 431 g/mol. The van der Waals surface area contributed by atoms with Gasteiger partial charge in [-0.2, -0.15) is 5.10 Å². The van der Waals surface area contributed by atoms with Crippen LogP contribution in [0.4, 0.5) is 5.69 Å². The molecule has 1 saturated heterocycles. The molecule has 0 atom stereocenters. The van der Waals surface area contributed by atoms with Gasteiger partial charge < -0.3 is 16.0 Å². The van der Waals surface area contributed by atoms with Crippen molar-refractivity contribution in [2.45, 2.75) is 18.4 Å². The average Bonchev–Trinajstić information content (AvgIpc) is 3.18. The van der Waals surface area contributed by atoms with Crippen molar-refractivity contribution >= 4 is 53.1 Å². The summed E-state index contributed by atoms with van der Waals surface area (Å²) >= 11 is 11.9. The molecule has 2 heterocycles. The summed E-state index contributed by atoms with van der Waals surface area (Å²) in [5.41, 5.74) is -0.384. The molecule has 0 aliphatic carbocycles. The fraction of sp³-hybridized carbons (Fsp3) is 0.353. The summed E-state index contributed by atoms with van der Waals surface area (Å²) in [5, 5.41) is 13.7. The van der Waals surface area contributed by atoms with Crippen molar-refractivity contribution in [3.8, 4) is 0 Å². The van der Waals surface area contributed by atoms with E-state index >= 15 is 0 Å². The lowest BCUT2D eigenvalue weighted by Crippen LogP contribution is -2.55. The molecule has 1 fully saturated rings. The first kappa shape index (κ1) is 21.5. The fourth-order valence-electron chi connectivity index (χ4n) is 3.04. The van der Waals surface area contributed by atoms with Crippen molar-refractivity contribution in [3.05, 3.63) is 46.7 Å². The Morgan fingerprint density at radius 3 is 2.67 bits per heavy atom. The SMILES string of the molecule is Cl.O=C(CNC(=O)C1(n2cccn2)CCNCC1)Nc1cc(Cl)ccc1Cl. The van der Waals surface area contributed by atoms with Gasteiger partial charge in [-0.05, 0) is 50.2 Å². The van der Waals surface area contributed by atoms with Crippen molar-refractivity contribution in [1.29, 1.82) is 0 Å². The number of piperidine rings is 1. The molecule has 27 heavy (non-hydrogen) atoms. The maximum atomic E-state index is 12.9. The van der Waals surface area contributed by atoms with Crippen LogP contribution in [0.1, 0.15) is 12.8 Å². The van der Waals surface area contributed by atoms with Crippen molar-refractivity contribution < 1.29 is 9.59 Å². The van der Waals surface area contributed by atoms with Gasteiger partial charge in [0.05, 0.1) is 17.3 Å². The van der Waals surface area contributed by atoms with Gasteiger partial charge >= 0.3 is 0 Å². The quantitative estimate of drug-likeness (QED) is 0.677. The fourth-order valence-corrected chi connectivity index (χ4v) is 3.37. The number of hydrogen-bond donors (Lipinski definition) is 3. The molecular weight excluding hydrogens is 413 g/mol. The molecule has 1 aromatic carbocycles. The maximum Gasteiger partial charge on any atom is 0.248 e. The molecule has 1 aromatic heterocycles. The Kier molecular flexibility index (Phi) is 7.49. The highest BCUT2D eigenvalue weighted by Gasteiger charge is 2.41. The number of anilines is 1. The molecule has 10 heteroatoms. The van der Waals surface area contributed by atoms with Crippen LogP contribution < -0.4 is 16.0 Å². The largest absolute Gasteiger partial charge is 0.345 e. The average molecular weight is 433 g/mol. The number of carbonyl (C=O) groups is 2. The third kappa shape index (κ3) is 4.93. The van der Waals surface area contributed by atoms with Gasteiger partial charge in [0.15, 0.2) is 0 Å². The standard InChI is InChI=1S/C17H19Cl2N5O2.ClH/c18-12-2-3-13(19)14(10-12)23-15(25)11-21-16(26)17(4-7-20-8-5-17)24-9-1-6-22-24;/h1-3,6,9-10,20H,4-5,7-8,11H2,(H,21,26)(H,23,25);1H. The molecule has 3 N–H and O–H groups in total. The van der Waals surface area contributed by atoms with Gasteiger partial charge in [0.1, 0.15) is 5.54 Å². The van der Waals surface area contributed by atoms with Gasteiger partial charge in [-0.25, -0.2) is 0 Å². The highest BCUT2D eigenvalue weighted by molar-refractivity contribution is 6.35. The van der Waals surface area contributed by atoms with Crippen LogP contribution in [0.25, 0.3) is 0 Å². The lowest BCUT2D eigenvalue weighted by atomic mass is 9.87. The van der Waals surface area contributed by atoms with Gasteiger partial charge in [-0.1, -0.05) is 23.2 Å². The number of nitrogens with zero attached hydrogens (tertiary/aromatic N) is 2. The molecule has 2 aromatic rings. The second-order valence-corrected chi connectivity index (χ2v) is 6.93. The predicted octanol–water partition coefficient (Wildman–Crippen LogP) is 2.45. The minimum atomic E-state index is -0.789. The molecule has 0 bridgehead atoms. The molecule has 2 amide bonds. The molecular formula is C17H20Cl3N5O2. The van der Waals surface area contributed by atoms with Crippen molar-refractivity contribution in [3.63, 3.8) is 0 Å². The summed E-state index contributed by atoms with van der Waals surface area (Å²) < 4.78 is 1.68. The van der Waals surface area contributed by atoms with E-state index in [0.29, 0.717) is 41.7 Å². The first-order chi connectivity index (χ1) is 12.5. The summed E-state index contributed by atoms with van der Waals surface area (Å²) in [7, 11) is 0. The lowest BCUT2D eigenvalue weighted by molar-refractivity contribution is -0.133. The van der Waals surface area contributed by atoms with E-state index in [1.807, 2.05) is 0 Å². The Hall–Kier alpha value is -1.80. The predicted molar refractivity (Wildman–Crippen MR) is 108 cm³/mol. The van der Waals surface area contributed by atoms with Crippen LogP contribution in [0.15, 0.2) is 36.7 Å². The van der Waals surface area contributed by atoms with Crippen LogP contribution in [-0.2, 0) is 15.1 Å². The molecule has 0 spiro atoms. The molecule has 0 radical (unpaired) electrons. The zero-order valence-corrected chi connectivity index (χ0v) is 16.7. The van der Waals surface area contributed by atoms with E-state index in [1.54, 1.807) is 41.3 Å². The maximum absolute atomic E-state index is 12.9. The molecule has 1 aliphatic heterocycles. The minimum absolute atomic E-state index is 0. The van der Waals surface area contributed by atoms with E-state index in [9.17, 15) is 9.59 Å². The number of aromatic nitrogens is 2. The van der Waals surface area contributed by atoms with E-state index in [1.165, 1.54) is 0 Å². The number of rotatable bonds is 5. The summed E-state index contributed by atoms with van der Waals surface area (Å²) in [6, 6.07) is 6.57. The smallest absolute Gasteiger partial charge is 0.248 e. The van der Waals surface area contributed by atoms with E-state index in [0.717, 1.165) is 0 Å². The summed E-state index contributed by atoms with van der Waals surface area (Å²) in [5.74, 6) is -0.609. The first-order valence-corrected chi connectivity index (χ1v) is 9.01. The topological polar surface area (TPSA) is 88.0 Å². The summed E-state index contributed by atoms with van der Waals surface area (Å²) in [6.45, 7) is 1.24. The Bertz CT molecular complexity index is 792. The van der Waals surface area contributed by atoms with E-state index < -0.39 is 5.54 Å². The Balaban J connectivity index is 0.00000261. The van der Waals surface area contributed by atoms with Crippen LogP contribution in [-0.4, -0.2) is 41.2 Å². The van der Waals surface area contributed by atoms with Crippen molar-refractivity contribution in [1.82, 2.24) is 20.4 Å². The van der Waals surface area contributed by atoms with E-state index in [2.05, 4.69) is 21.0 Å². The summed E-state index contributed by atoms with van der Waals surface area (Å²) in [6.07, 6.45) is 4.62. The lowest BCUT2D eigenvalue weighted by Gasteiger charge is -2.36. The third-order valence-electron chi connectivity index (χ3n) is 4.41. The Morgan fingerprint density at radius 1 is 1.26 bits per heavy atom. The second kappa shape index (κ2) is 9.41. The molecule has 3 rings (SSSR count). The van der Waals surface area contributed by atoms with Gasteiger partial charge in [-0.3, -0.25) is 14.3 Å². The van der Waals surface area contributed by atoms with Crippen LogP contribution in [0.2, 0.25) is 10.0 Å². The zero-order valence-electron chi connectivity index (χ0n) is 14.4. The molecule has 0 saturated carbocycles. The number of hydrogen-bond acceptors (Lipinski definition) is 4. The van der Waals surface area contributed by atoms with Crippen LogP contribution in [0.5, 0.6) is 0 Å². The highest BCUT2D eigenvalue weighted by atomic mass is 35.5. The number of benzene rings is 1. The number of nitrogens with one attached hydrogen (secondary N) is 3. The molecule has 146 valence electrons. The molecule has 1 aliphatic rings. The van der Waals surface area contributed by atoms with Crippen LogP contribution >= 0.6 is 35.6 Å². The zero-order chi connectivity index (χ0) is 18.6. The Labute approximate surface area is 173 Å². The van der Waals surface area contributed by atoms with Crippen LogP contribution in [0, 0.1) is 0 Å². The van der Waals surface area contributed by atoms with Gasteiger partial charge in [0.2, 0.25) is 11.8 Å². The Morgan fingerprint density at radius 2 is 2.00 bits per heavy atom. The van der Waals surface area contributed by atoms with Gasteiger partial charge in [-0.15, -0.1) is 12.4 Å². The second-order valence-electron chi connectivity index (χ2n) is 6.09. The number of amides is 2. The normalized spacial score (nSPS) is 15.5. The van der Waals surface area contributed by atoms with Gasteiger partial charge in [0.25, 0.3) is 0 Å². The highest BCUT2D eigenvalue weighted by Crippen LogP contribution is 2.27. The first-order valence-electron chi connectivity index (χ1n) is 8.25. The third-order valence-corrected chi connectivity index (χ3v) is 4.97. The molecule has 0 unspecified atom stereocenters. The van der Waals surface area contributed by atoms with Crippen LogP contribution in [0.3, 0.4) is 0 Å². The van der Waals surface area contributed by atoms with E-state index in [-0.39, 0.29) is 30.8 Å². The van der Waals surface area contributed by atoms with Crippen molar-refractivity contribution in [2.75, 3.05) is 25.0 Å². The van der Waals surface area contributed by atoms with E-state index in [4.69, 9.17) is 23.2 Å².